The van der Waals surface area contributed by atoms with Crippen LogP contribution >= 0.6 is 0 Å². The van der Waals surface area contributed by atoms with Crippen molar-refractivity contribution in [1.29, 1.82) is 0 Å². The van der Waals surface area contributed by atoms with E-state index in [1.807, 2.05) is 30.3 Å². The molecule has 1 aromatic carbocycles. The van der Waals surface area contributed by atoms with E-state index in [-0.39, 0.29) is 11.6 Å². The molecule has 1 aromatic heterocycles. The van der Waals surface area contributed by atoms with Crippen molar-refractivity contribution < 1.29 is 9.90 Å². The van der Waals surface area contributed by atoms with E-state index in [4.69, 9.17) is 5.73 Å². The van der Waals surface area contributed by atoms with Gasteiger partial charge >= 0.3 is 0 Å². The second-order valence-corrected chi connectivity index (χ2v) is 3.01. The second-order valence-electron chi connectivity index (χ2n) is 3.01. The van der Waals surface area contributed by atoms with Crippen LogP contribution in [0.25, 0.3) is 11.4 Å². The Labute approximate surface area is 85.6 Å². The van der Waals surface area contributed by atoms with Gasteiger partial charge < -0.3 is 15.8 Å². The van der Waals surface area contributed by atoms with Crippen molar-refractivity contribution in [1.82, 2.24) is 9.97 Å². The molecule has 0 aliphatic heterocycles. The van der Waals surface area contributed by atoms with Crippen LogP contribution in [-0.2, 0) is 0 Å². The summed E-state index contributed by atoms with van der Waals surface area (Å²) in [5, 5.41) is 9.34. The highest BCUT2D eigenvalue weighted by Crippen LogP contribution is 2.20. The Balaban J connectivity index is 2.48. The largest absolute Gasteiger partial charge is 0.493 e. The fourth-order valence-corrected chi connectivity index (χ4v) is 1.27. The molecular weight excluding hydrogens is 194 g/mol. The van der Waals surface area contributed by atoms with Crippen molar-refractivity contribution in [2.75, 3.05) is 0 Å². The standard InChI is InChI=1S/C10H9N3O2/c11-8(14)7-10(15)13-9(12-7)6-4-2-1-3-5-6/h1-5,15H,(H2,11,14)(H,12,13). The van der Waals surface area contributed by atoms with Crippen LogP contribution in [0.2, 0.25) is 0 Å². The Morgan fingerprint density at radius 2 is 2.00 bits per heavy atom. The zero-order valence-corrected chi connectivity index (χ0v) is 7.77. The van der Waals surface area contributed by atoms with Crippen LogP contribution < -0.4 is 5.73 Å². The van der Waals surface area contributed by atoms with Crippen LogP contribution in [-0.4, -0.2) is 21.0 Å². The SMILES string of the molecule is NC(=O)c1nc(-c2ccccc2)[nH]c1O. The molecule has 5 heteroatoms. The summed E-state index contributed by atoms with van der Waals surface area (Å²) in [5.41, 5.74) is 5.66. The average Bonchev–Trinajstić information content (AvgIpc) is 2.62. The molecule has 0 aliphatic rings. The molecule has 1 amide bonds. The Morgan fingerprint density at radius 3 is 2.53 bits per heavy atom. The fourth-order valence-electron chi connectivity index (χ4n) is 1.27. The molecule has 0 fully saturated rings. The third kappa shape index (κ3) is 1.67. The van der Waals surface area contributed by atoms with Gasteiger partial charge in [0.2, 0.25) is 5.88 Å². The summed E-state index contributed by atoms with van der Waals surface area (Å²) < 4.78 is 0. The maximum atomic E-state index is 10.8. The number of H-pyrrole nitrogens is 1. The van der Waals surface area contributed by atoms with E-state index in [1.54, 1.807) is 0 Å². The topological polar surface area (TPSA) is 92.0 Å². The fraction of sp³-hybridized carbons (Fsp3) is 0. The minimum absolute atomic E-state index is 0.145. The van der Waals surface area contributed by atoms with Crippen molar-refractivity contribution in [3.63, 3.8) is 0 Å². The van der Waals surface area contributed by atoms with Crippen LogP contribution in [0.3, 0.4) is 0 Å². The van der Waals surface area contributed by atoms with Crippen molar-refractivity contribution in [3.8, 4) is 17.3 Å². The number of primary amides is 1. The van der Waals surface area contributed by atoms with Crippen molar-refractivity contribution in [2.24, 2.45) is 5.73 Å². The average molecular weight is 203 g/mol. The lowest BCUT2D eigenvalue weighted by Crippen LogP contribution is -2.11. The molecule has 0 spiro atoms. The zero-order chi connectivity index (χ0) is 10.8. The molecule has 76 valence electrons. The molecule has 2 rings (SSSR count). The number of benzene rings is 1. The van der Waals surface area contributed by atoms with Gasteiger partial charge in [-0.3, -0.25) is 4.79 Å². The second kappa shape index (κ2) is 3.45. The molecule has 0 atom stereocenters. The van der Waals surface area contributed by atoms with Gasteiger partial charge in [-0.1, -0.05) is 30.3 Å². The molecule has 0 radical (unpaired) electrons. The minimum Gasteiger partial charge on any atom is -0.493 e. The summed E-state index contributed by atoms with van der Waals surface area (Å²) in [6, 6.07) is 9.14. The van der Waals surface area contributed by atoms with Crippen molar-refractivity contribution >= 4 is 5.91 Å². The number of hydrogen-bond donors (Lipinski definition) is 3. The Hall–Kier alpha value is -2.30. The first-order valence-corrected chi connectivity index (χ1v) is 4.32. The molecule has 0 unspecified atom stereocenters. The van der Waals surface area contributed by atoms with E-state index in [0.29, 0.717) is 5.82 Å². The lowest BCUT2D eigenvalue weighted by atomic mass is 10.2. The number of aromatic nitrogens is 2. The number of amides is 1. The monoisotopic (exact) mass is 203 g/mol. The van der Waals surface area contributed by atoms with Gasteiger partial charge in [0.1, 0.15) is 5.82 Å². The smallest absolute Gasteiger partial charge is 0.272 e. The number of carbonyl (C=O) groups is 1. The summed E-state index contributed by atoms with van der Waals surface area (Å²) in [7, 11) is 0. The van der Waals surface area contributed by atoms with E-state index in [9.17, 15) is 9.90 Å². The Morgan fingerprint density at radius 1 is 1.33 bits per heavy atom. The van der Waals surface area contributed by atoms with Gasteiger partial charge in [-0.05, 0) is 0 Å². The number of imidazole rings is 1. The first-order valence-electron chi connectivity index (χ1n) is 4.32. The zero-order valence-electron chi connectivity index (χ0n) is 7.77. The molecule has 2 aromatic rings. The Bertz CT molecular complexity index is 491. The quantitative estimate of drug-likeness (QED) is 0.676. The van der Waals surface area contributed by atoms with Gasteiger partial charge in [0.15, 0.2) is 5.69 Å². The highest BCUT2D eigenvalue weighted by Gasteiger charge is 2.14. The van der Waals surface area contributed by atoms with Crippen LogP contribution in [0.5, 0.6) is 5.88 Å². The van der Waals surface area contributed by atoms with E-state index in [0.717, 1.165) is 5.56 Å². The molecule has 0 aliphatic carbocycles. The normalized spacial score (nSPS) is 10.1. The molecule has 0 saturated carbocycles. The van der Waals surface area contributed by atoms with Crippen LogP contribution in [0, 0.1) is 0 Å². The first kappa shape index (κ1) is 9.26. The Kier molecular flexibility index (Phi) is 2.13. The van der Waals surface area contributed by atoms with E-state index >= 15 is 0 Å². The molecule has 0 saturated heterocycles. The molecule has 1 heterocycles. The summed E-state index contributed by atoms with van der Waals surface area (Å²) in [5.74, 6) is -0.644. The minimum atomic E-state index is -0.758. The third-order valence-electron chi connectivity index (χ3n) is 1.97. The number of nitrogens with one attached hydrogen (secondary N) is 1. The summed E-state index contributed by atoms with van der Waals surface area (Å²) in [4.78, 5) is 17.3. The van der Waals surface area contributed by atoms with Gasteiger partial charge in [0.05, 0.1) is 0 Å². The lowest BCUT2D eigenvalue weighted by Gasteiger charge is -1.93. The third-order valence-corrected chi connectivity index (χ3v) is 1.97. The number of nitrogens with two attached hydrogens (primary N) is 1. The summed E-state index contributed by atoms with van der Waals surface area (Å²) >= 11 is 0. The predicted molar refractivity (Wildman–Crippen MR) is 54.2 cm³/mol. The molecule has 4 N–H and O–H groups in total. The highest BCUT2D eigenvalue weighted by atomic mass is 16.3. The highest BCUT2D eigenvalue weighted by molar-refractivity contribution is 5.93. The molecule has 15 heavy (non-hydrogen) atoms. The number of nitrogens with zero attached hydrogens (tertiary/aromatic N) is 1. The molecular formula is C10H9N3O2. The number of hydrogen-bond acceptors (Lipinski definition) is 3. The van der Waals surface area contributed by atoms with Crippen molar-refractivity contribution in [2.45, 2.75) is 0 Å². The predicted octanol–water partition coefficient (Wildman–Crippen LogP) is 0.881. The van der Waals surface area contributed by atoms with E-state index in [1.165, 1.54) is 0 Å². The van der Waals surface area contributed by atoms with Crippen LogP contribution in [0.1, 0.15) is 10.5 Å². The van der Waals surface area contributed by atoms with Crippen molar-refractivity contribution in [3.05, 3.63) is 36.0 Å². The summed E-state index contributed by atoms with van der Waals surface area (Å²) in [6.07, 6.45) is 0. The van der Waals surface area contributed by atoms with E-state index < -0.39 is 5.91 Å². The van der Waals surface area contributed by atoms with Gasteiger partial charge in [0.25, 0.3) is 5.91 Å². The van der Waals surface area contributed by atoms with Gasteiger partial charge in [-0.15, -0.1) is 0 Å². The van der Waals surface area contributed by atoms with Gasteiger partial charge in [0, 0.05) is 5.56 Å². The van der Waals surface area contributed by atoms with Gasteiger partial charge in [-0.2, -0.15) is 0 Å². The van der Waals surface area contributed by atoms with Gasteiger partial charge in [-0.25, -0.2) is 4.98 Å². The summed E-state index contributed by atoms with van der Waals surface area (Å²) in [6.45, 7) is 0. The number of carbonyl (C=O) groups excluding carboxylic acids is 1. The van der Waals surface area contributed by atoms with E-state index in [2.05, 4.69) is 9.97 Å². The number of aromatic hydroxyl groups is 1. The van der Waals surface area contributed by atoms with Crippen LogP contribution in [0.4, 0.5) is 0 Å². The maximum Gasteiger partial charge on any atom is 0.272 e. The molecule has 0 bridgehead atoms. The number of rotatable bonds is 2. The maximum absolute atomic E-state index is 10.8. The molecule has 5 nitrogen and oxygen atoms in total. The van der Waals surface area contributed by atoms with Crippen LogP contribution in [0.15, 0.2) is 30.3 Å². The first-order chi connectivity index (χ1) is 7.18. The lowest BCUT2D eigenvalue weighted by molar-refractivity contribution is 0.0993. The number of aromatic amines is 1.